The number of halogens is 3. The number of hydrogen-bond donors (Lipinski definition) is 1. The summed E-state index contributed by atoms with van der Waals surface area (Å²) in [5.41, 5.74) is 0.761. The number of benzene rings is 1. The minimum Gasteiger partial charge on any atom is -0.433 e. The van der Waals surface area contributed by atoms with Gasteiger partial charge in [0.05, 0.1) is 11.6 Å². The van der Waals surface area contributed by atoms with Gasteiger partial charge in [0, 0.05) is 12.4 Å². The SMILES string of the molecule is C[C@@H](C(=O)Nc1cccc2oc(C(F)(F)F)nc12)c1cccnc1. The number of para-hydroxylation sites is 1. The van der Waals surface area contributed by atoms with Gasteiger partial charge in [0.25, 0.3) is 0 Å². The molecule has 0 unspecified atom stereocenters. The van der Waals surface area contributed by atoms with E-state index < -0.39 is 18.0 Å². The highest BCUT2D eigenvalue weighted by Crippen LogP contribution is 2.33. The van der Waals surface area contributed by atoms with Gasteiger partial charge < -0.3 is 9.73 Å². The third-order valence-corrected chi connectivity index (χ3v) is 3.50. The molecular formula is C16H12F3N3O2. The smallest absolute Gasteiger partial charge is 0.433 e. The number of carbonyl (C=O) groups is 1. The van der Waals surface area contributed by atoms with Crippen LogP contribution in [0.3, 0.4) is 0 Å². The molecule has 0 aliphatic rings. The number of nitrogens with one attached hydrogen (secondary N) is 1. The van der Waals surface area contributed by atoms with E-state index in [0.717, 1.165) is 0 Å². The first-order valence-electron chi connectivity index (χ1n) is 7.04. The van der Waals surface area contributed by atoms with Crippen LogP contribution in [0.2, 0.25) is 0 Å². The molecular weight excluding hydrogens is 323 g/mol. The Morgan fingerprint density at radius 3 is 2.71 bits per heavy atom. The van der Waals surface area contributed by atoms with Crippen LogP contribution in [-0.4, -0.2) is 15.9 Å². The highest BCUT2D eigenvalue weighted by molar-refractivity contribution is 6.01. The van der Waals surface area contributed by atoms with Gasteiger partial charge in [0.1, 0.15) is 5.52 Å². The molecule has 0 aliphatic heterocycles. The number of carbonyl (C=O) groups excluding carboxylic acids is 1. The van der Waals surface area contributed by atoms with Crippen LogP contribution in [0.4, 0.5) is 18.9 Å². The molecule has 1 amide bonds. The van der Waals surface area contributed by atoms with Gasteiger partial charge in [-0.25, -0.2) is 4.98 Å². The van der Waals surface area contributed by atoms with Crippen molar-refractivity contribution in [1.82, 2.24) is 9.97 Å². The Kier molecular flexibility index (Phi) is 3.96. The molecule has 1 aromatic carbocycles. The van der Waals surface area contributed by atoms with Gasteiger partial charge in [-0.15, -0.1) is 0 Å². The third kappa shape index (κ3) is 3.08. The third-order valence-electron chi connectivity index (χ3n) is 3.50. The van der Waals surface area contributed by atoms with Crippen molar-refractivity contribution in [2.45, 2.75) is 19.0 Å². The number of nitrogens with zero attached hydrogens (tertiary/aromatic N) is 2. The Morgan fingerprint density at radius 1 is 1.25 bits per heavy atom. The Hall–Kier alpha value is -2.90. The van der Waals surface area contributed by atoms with Gasteiger partial charge in [-0.3, -0.25) is 9.78 Å². The van der Waals surface area contributed by atoms with Crippen molar-refractivity contribution in [2.75, 3.05) is 5.32 Å². The average molecular weight is 335 g/mol. The van der Waals surface area contributed by atoms with Crippen molar-refractivity contribution < 1.29 is 22.4 Å². The van der Waals surface area contributed by atoms with Gasteiger partial charge >= 0.3 is 12.1 Å². The van der Waals surface area contributed by atoms with Crippen LogP contribution < -0.4 is 5.32 Å². The summed E-state index contributed by atoms with van der Waals surface area (Å²) in [6.45, 7) is 1.68. The second-order valence-corrected chi connectivity index (χ2v) is 5.17. The number of pyridine rings is 1. The summed E-state index contributed by atoms with van der Waals surface area (Å²) in [6.07, 6.45) is -1.55. The summed E-state index contributed by atoms with van der Waals surface area (Å²) in [4.78, 5) is 19.7. The van der Waals surface area contributed by atoms with Gasteiger partial charge in [0.15, 0.2) is 5.58 Å². The lowest BCUT2D eigenvalue weighted by Gasteiger charge is -2.12. The second kappa shape index (κ2) is 5.95. The standard InChI is InChI=1S/C16H12F3N3O2/c1-9(10-4-3-7-20-8-10)14(23)21-11-5-2-6-12-13(11)22-15(24-12)16(17,18)19/h2-9H,1H3,(H,21,23)/t9-/m1/s1. The van der Waals surface area contributed by atoms with Crippen LogP contribution >= 0.6 is 0 Å². The largest absolute Gasteiger partial charge is 0.468 e. The normalized spacial score (nSPS) is 13.0. The van der Waals surface area contributed by atoms with Crippen molar-refractivity contribution in [3.05, 3.63) is 54.2 Å². The number of anilines is 1. The molecule has 1 atom stereocenters. The molecule has 0 fully saturated rings. The zero-order valence-electron chi connectivity index (χ0n) is 12.5. The zero-order chi connectivity index (χ0) is 17.3. The maximum absolute atomic E-state index is 12.7. The van der Waals surface area contributed by atoms with E-state index in [9.17, 15) is 18.0 Å². The summed E-state index contributed by atoms with van der Waals surface area (Å²) < 4.78 is 42.9. The van der Waals surface area contributed by atoms with Crippen LogP contribution in [0.15, 0.2) is 47.1 Å². The Labute approximate surface area is 134 Å². The van der Waals surface area contributed by atoms with E-state index in [0.29, 0.717) is 5.56 Å². The molecule has 124 valence electrons. The Bertz CT molecular complexity index is 875. The molecule has 8 heteroatoms. The summed E-state index contributed by atoms with van der Waals surface area (Å²) in [6, 6.07) is 7.76. The minimum absolute atomic E-state index is 0.0449. The lowest BCUT2D eigenvalue weighted by Crippen LogP contribution is -2.19. The lowest BCUT2D eigenvalue weighted by molar-refractivity contribution is -0.156. The second-order valence-electron chi connectivity index (χ2n) is 5.17. The van der Waals surface area contributed by atoms with Gasteiger partial charge in [-0.05, 0) is 30.7 Å². The van der Waals surface area contributed by atoms with E-state index in [-0.39, 0.29) is 22.7 Å². The van der Waals surface area contributed by atoms with Gasteiger partial charge in [-0.1, -0.05) is 12.1 Å². The van der Waals surface area contributed by atoms with E-state index in [1.807, 2.05) is 0 Å². The van der Waals surface area contributed by atoms with Crippen molar-refractivity contribution in [3.8, 4) is 0 Å². The van der Waals surface area contributed by atoms with Crippen molar-refractivity contribution in [1.29, 1.82) is 0 Å². The Balaban J connectivity index is 1.90. The molecule has 0 saturated heterocycles. The van der Waals surface area contributed by atoms with Crippen LogP contribution in [0.25, 0.3) is 11.1 Å². The van der Waals surface area contributed by atoms with Crippen molar-refractivity contribution in [3.63, 3.8) is 0 Å². The average Bonchev–Trinajstić information content (AvgIpc) is 3.00. The predicted molar refractivity (Wildman–Crippen MR) is 80.3 cm³/mol. The minimum atomic E-state index is -4.69. The molecule has 3 rings (SSSR count). The molecule has 0 saturated carbocycles. The predicted octanol–water partition coefficient (Wildman–Crippen LogP) is 3.98. The fraction of sp³-hybridized carbons (Fsp3) is 0.188. The first-order valence-corrected chi connectivity index (χ1v) is 7.04. The molecule has 0 aliphatic carbocycles. The van der Waals surface area contributed by atoms with E-state index in [2.05, 4.69) is 15.3 Å². The monoisotopic (exact) mass is 335 g/mol. The molecule has 0 radical (unpaired) electrons. The Morgan fingerprint density at radius 2 is 2.04 bits per heavy atom. The number of amides is 1. The first-order chi connectivity index (χ1) is 11.4. The zero-order valence-corrected chi connectivity index (χ0v) is 12.5. The van der Waals surface area contributed by atoms with Crippen LogP contribution in [0.1, 0.15) is 24.3 Å². The summed E-state index contributed by atoms with van der Waals surface area (Å²) in [5.74, 6) is -2.26. The van der Waals surface area contributed by atoms with Crippen LogP contribution in [0.5, 0.6) is 0 Å². The summed E-state index contributed by atoms with van der Waals surface area (Å²) in [5, 5.41) is 2.59. The number of alkyl halides is 3. The van der Waals surface area contributed by atoms with Gasteiger partial charge in [-0.2, -0.15) is 13.2 Å². The first kappa shape index (κ1) is 16.0. The lowest BCUT2D eigenvalue weighted by atomic mass is 10.0. The molecule has 3 aromatic rings. The molecule has 24 heavy (non-hydrogen) atoms. The fourth-order valence-corrected chi connectivity index (χ4v) is 2.20. The molecule has 0 spiro atoms. The van der Waals surface area contributed by atoms with Crippen molar-refractivity contribution >= 4 is 22.7 Å². The highest BCUT2D eigenvalue weighted by atomic mass is 19.4. The topological polar surface area (TPSA) is 68.0 Å². The maximum atomic E-state index is 12.7. The number of oxazole rings is 1. The van der Waals surface area contributed by atoms with Crippen molar-refractivity contribution in [2.24, 2.45) is 0 Å². The maximum Gasteiger partial charge on any atom is 0.468 e. The molecule has 2 aromatic heterocycles. The quantitative estimate of drug-likeness (QED) is 0.786. The van der Waals surface area contributed by atoms with Crippen LogP contribution in [0, 0.1) is 0 Å². The highest BCUT2D eigenvalue weighted by Gasteiger charge is 2.37. The molecule has 0 bridgehead atoms. The number of hydrogen-bond acceptors (Lipinski definition) is 4. The molecule has 1 N–H and O–H groups in total. The number of rotatable bonds is 3. The van der Waals surface area contributed by atoms with E-state index >= 15 is 0 Å². The summed E-state index contributed by atoms with van der Waals surface area (Å²) in [7, 11) is 0. The molecule has 2 heterocycles. The van der Waals surface area contributed by atoms with E-state index in [1.54, 1.807) is 31.5 Å². The summed E-state index contributed by atoms with van der Waals surface area (Å²) >= 11 is 0. The van der Waals surface area contributed by atoms with E-state index in [1.165, 1.54) is 18.2 Å². The molecule has 5 nitrogen and oxygen atoms in total. The van der Waals surface area contributed by atoms with E-state index in [4.69, 9.17) is 4.42 Å². The van der Waals surface area contributed by atoms with Crippen LogP contribution in [-0.2, 0) is 11.0 Å². The fourth-order valence-electron chi connectivity index (χ4n) is 2.20. The number of fused-ring (bicyclic) bond motifs is 1. The number of aromatic nitrogens is 2. The van der Waals surface area contributed by atoms with Gasteiger partial charge in [0.2, 0.25) is 5.91 Å².